The van der Waals surface area contributed by atoms with Crippen LogP contribution in [0.5, 0.6) is 0 Å². The summed E-state index contributed by atoms with van der Waals surface area (Å²) >= 11 is 5.25. The molecule has 1 saturated carbocycles. The lowest BCUT2D eigenvalue weighted by molar-refractivity contribution is 0.772. The fourth-order valence-electron chi connectivity index (χ4n) is 2.53. The number of hydrogen-bond acceptors (Lipinski definition) is 3. The fourth-order valence-corrected chi connectivity index (χ4v) is 2.72. The molecule has 3 rings (SSSR count). The topological polar surface area (TPSA) is 46.0 Å². The van der Waals surface area contributed by atoms with E-state index in [2.05, 4.69) is 48.2 Å². The second-order valence-corrected chi connectivity index (χ2v) is 5.92. The third-order valence-electron chi connectivity index (χ3n) is 3.66. The zero-order chi connectivity index (χ0) is 14.3. The van der Waals surface area contributed by atoms with Crippen LogP contribution in [0.2, 0.25) is 0 Å². The maximum Gasteiger partial charge on any atom is 0.216 e. The summed E-state index contributed by atoms with van der Waals surface area (Å²) in [6, 6.07) is 4.34. The molecule has 1 aliphatic rings. The van der Waals surface area contributed by atoms with Crippen LogP contribution in [-0.2, 0) is 0 Å². The number of benzene rings is 1. The van der Waals surface area contributed by atoms with E-state index in [1.165, 1.54) is 29.5 Å². The summed E-state index contributed by atoms with van der Waals surface area (Å²) in [7, 11) is 0. The minimum absolute atomic E-state index is 0.514. The molecule has 0 saturated heterocycles. The quantitative estimate of drug-likeness (QED) is 0.692. The van der Waals surface area contributed by atoms with Gasteiger partial charge in [0, 0.05) is 11.5 Å². The molecule has 5 heteroatoms. The maximum absolute atomic E-state index is 5.25. The Hall–Kier alpha value is -1.75. The monoisotopic (exact) mass is 286 g/mol. The fraction of sp³-hybridized carbons (Fsp3) is 0.400. The van der Waals surface area contributed by atoms with Gasteiger partial charge in [-0.25, -0.2) is 0 Å². The third kappa shape index (κ3) is 2.45. The molecule has 0 aliphatic heterocycles. The molecule has 1 aromatic heterocycles. The van der Waals surface area contributed by atoms with Crippen LogP contribution in [0.4, 0.5) is 0 Å². The molecule has 0 spiro atoms. The first-order valence-electron chi connectivity index (χ1n) is 6.86. The van der Waals surface area contributed by atoms with E-state index < -0.39 is 0 Å². The van der Waals surface area contributed by atoms with E-state index in [0.717, 1.165) is 11.4 Å². The van der Waals surface area contributed by atoms with Crippen LogP contribution in [0.25, 0.3) is 0 Å². The molecule has 0 amide bonds. The van der Waals surface area contributed by atoms with E-state index in [4.69, 9.17) is 12.2 Å². The predicted octanol–water partition coefficient (Wildman–Crippen LogP) is 3.63. The average Bonchev–Trinajstić information content (AvgIpc) is 3.14. The van der Waals surface area contributed by atoms with E-state index in [1.54, 1.807) is 4.68 Å². The molecular weight excluding hydrogens is 268 g/mol. The van der Waals surface area contributed by atoms with Crippen molar-refractivity contribution in [2.45, 2.75) is 39.5 Å². The summed E-state index contributed by atoms with van der Waals surface area (Å²) in [5, 5.41) is 11.7. The van der Waals surface area contributed by atoms with E-state index in [0.29, 0.717) is 10.7 Å². The molecule has 1 N–H and O–H groups in total. The summed E-state index contributed by atoms with van der Waals surface area (Å²) in [5.41, 5.74) is 4.89. The molecule has 1 fully saturated rings. The zero-order valence-electron chi connectivity index (χ0n) is 12.0. The normalized spacial score (nSPS) is 15.2. The lowest BCUT2D eigenvalue weighted by Gasteiger charge is -2.06. The molecule has 0 unspecified atom stereocenters. The summed E-state index contributed by atoms with van der Waals surface area (Å²) in [6.07, 6.45) is 4.25. The van der Waals surface area contributed by atoms with Crippen LogP contribution in [0.3, 0.4) is 0 Å². The first-order valence-corrected chi connectivity index (χ1v) is 7.26. The van der Waals surface area contributed by atoms with Crippen LogP contribution in [0, 0.1) is 25.5 Å². The Morgan fingerprint density at radius 2 is 1.95 bits per heavy atom. The highest BCUT2D eigenvalue weighted by atomic mass is 32.1. The molecule has 1 aliphatic carbocycles. The zero-order valence-corrected chi connectivity index (χ0v) is 12.8. The number of rotatable bonds is 3. The Morgan fingerprint density at radius 3 is 2.55 bits per heavy atom. The highest BCUT2D eigenvalue weighted by molar-refractivity contribution is 7.71. The second-order valence-electron chi connectivity index (χ2n) is 5.53. The smallest absolute Gasteiger partial charge is 0.216 e. The molecule has 0 bridgehead atoms. The van der Waals surface area contributed by atoms with Crippen LogP contribution in [0.15, 0.2) is 17.2 Å². The van der Waals surface area contributed by atoms with E-state index >= 15 is 0 Å². The number of hydrogen-bond donors (Lipinski definition) is 1. The summed E-state index contributed by atoms with van der Waals surface area (Å²) in [4.78, 5) is 0. The molecular formula is C15H18N4S. The molecule has 1 heterocycles. The van der Waals surface area contributed by atoms with E-state index in [-0.39, 0.29) is 0 Å². The largest absolute Gasteiger partial charge is 0.250 e. The van der Waals surface area contributed by atoms with Crippen molar-refractivity contribution in [3.63, 3.8) is 0 Å². The van der Waals surface area contributed by atoms with Crippen molar-refractivity contribution in [1.29, 1.82) is 0 Å². The van der Waals surface area contributed by atoms with E-state index in [1.807, 2.05) is 6.21 Å². The Kier molecular flexibility index (Phi) is 3.30. The number of nitrogens with one attached hydrogen (secondary N) is 1. The third-order valence-corrected chi connectivity index (χ3v) is 3.92. The minimum Gasteiger partial charge on any atom is -0.250 e. The van der Waals surface area contributed by atoms with Crippen molar-refractivity contribution in [3.8, 4) is 0 Å². The summed E-state index contributed by atoms with van der Waals surface area (Å²) in [6.45, 7) is 6.33. The van der Waals surface area contributed by atoms with Gasteiger partial charge in [0.2, 0.25) is 4.77 Å². The molecule has 2 aromatic rings. The van der Waals surface area contributed by atoms with Crippen LogP contribution < -0.4 is 0 Å². The van der Waals surface area contributed by atoms with Crippen molar-refractivity contribution in [1.82, 2.24) is 14.9 Å². The van der Waals surface area contributed by atoms with Crippen molar-refractivity contribution in [2.24, 2.45) is 5.10 Å². The molecule has 1 aromatic carbocycles. The van der Waals surface area contributed by atoms with Gasteiger partial charge in [0.25, 0.3) is 0 Å². The maximum atomic E-state index is 5.25. The van der Waals surface area contributed by atoms with Gasteiger partial charge in [0.1, 0.15) is 0 Å². The second kappa shape index (κ2) is 4.98. The Labute approximate surface area is 123 Å². The van der Waals surface area contributed by atoms with Gasteiger partial charge >= 0.3 is 0 Å². The Balaban J connectivity index is 1.99. The van der Waals surface area contributed by atoms with Gasteiger partial charge in [-0.1, -0.05) is 17.7 Å². The first-order chi connectivity index (χ1) is 9.56. The molecule has 4 nitrogen and oxygen atoms in total. The van der Waals surface area contributed by atoms with Crippen molar-refractivity contribution in [3.05, 3.63) is 45.0 Å². The molecule has 104 valence electrons. The van der Waals surface area contributed by atoms with Crippen molar-refractivity contribution in [2.75, 3.05) is 0 Å². The van der Waals surface area contributed by atoms with Crippen LogP contribution in [0.1, 0.15) is 46.8 Å². The number of aryl methyl sites for hydroxylation is 3. The van der Waals surface area contributed by atoms with Crippen LogP contribution >= 0.6 is 12.2 Å². The molecule has 0 radical (unpaired) electrons. The SMILES string of the molecule is Cc1cc(C)c(/C=N\n2c(C3CC3)n[nH]c2=S)c(C)c1. The number of aromatic nitrogens is 3. The summed E-state index contributed by atoms with van der Waals surface area (Å²) in [5.74, 6) is 1.47. The average molecular weight is 286 g/mol. The number of nitrogens with zero attached hydrogens (tertiary/aromatic N) is 3. The highest BCUT2D eigenvalue weighted by Gasteiger charge is 2.29. The van der Waals surface area contributed by atoms with Gasteiger partial charge in [0.15, 0.2) is 5.82 Å². The van der Waals surface area contributed by atoms with Gasteiger partial charge < -0.3 is 0 Å². The lowest BCUT2D eigenvalue weighted by Crippen LogP contribution is -1.99. The number of aromatic amines is 1. The van der Waals surface area contributed by atoms with Gasteiger partial charge in [-0.3, -0.25) is 5.10 Å². The predicted molar refractivity (Wildman–Crippen MR) is 83.0 cm³/mol. The summed E-state index contributed by atoms with van der Waals surface area (Å²) < 4.78 is 2.32. The van der Waals surface area contributed by atoms with Gasteiger partial charge in [-0.15, -0.1) is 0 Å². The number of H-pyrrole nitrogens is 1. The highest BCUT2D eigenvalue weighted by Crippen LogP contribution is 2.38. The first kappa shape index (κ1) is 13.2. The Morgan fingerprint density at radius 1 is 1.30 bits per heavy atom. The minimum atomic E-state index is 0.514. The molecule has 20 heavy (non-hydrogen) atoms. The van der Waals surface area contributed by atoms with Gasteiger partial charge in [0.05, 0.1) is 6.21 Å². The van der Waals surface area contributed by atoms with Crippen molar-refractivity contribution < 1.29 is 0 Å². The lowest BCUT2D eigenvalue weighted by atomic mass is 10.0. The van der Waals surface area contributed by atoms with Gasteiger partial charge in [-0.05, 0) is 57.0 Å². The van der Waals surface area contributed by atoms with Gasteiger partial charge in [-0.2, -0.15) is 14.9 Å². The van der Waals surface area contributed by atoms with Crippen LogP contribution in [-0.4, -0.2) is 21.1 Å². The standard InChI is InChI=1S/C15H18N4S/c1-9-6-10(2)13(11(3)7-9)8-16-19-14(12-4-5-12)17-18-15(19)20/h6-8,12H,4-5H2,1-3H3,(H,18,20)/b16-8-. The van der Waals surface area contributed by atoms with E-state index in [9.17, 15) is 0 Å². The molecule has 0 atom stereocenters. The Bertz CT molecular complexity index is 712. The van der Waals surface area contributed by atoms with Crippen molar-refractivity contribution >= 4 is 18.4 Å².